The lowest BCUT2D eigenvalue weighted by molar-refractivity contribution is -0.671. The van der Waals surface area contributed by atoms with Crippen LogP contribution in [0.15, 0.2) is 31.1 Å². The summed E-state index contributed by atoms with van der Waals surface area (Å²) >= 11 is 0. The van der Waals surface area contributed by atoms with Gasteiger partial charge < -0.3 is 9.80 Å². The van der Waals surface area contributed by atoms with Gasteiger partial charge in [-0.05, 0) is 19.8 Å². The molecule has 0 aromatic carbocycles. The molecule has 120 valence electrons. The monoisotopic (exact) mass is 293 g/mol. The van der Waals surface area contributed by atoms with Crippen molar-refractivity contribution in [3.63, 3.8) is 0 Å². The molecule has 1 aliphatic rings. The topological polar surface area (TPSA) is 15.3 Å². The van der Waals surface area contributed by atoms with Gasteiger partial charge in [0.2, 0.25) is 6.33 Å². The molecule has 0 aliphatic carbocycles. The second-order valence-electron chi connectivity index (χ2n) is 5.68. The Morgan fingerprint density at radius 3 is 2.14 bits per heavy atom. The Kier molecular flexibility index (Phi) is 8.63. The van der Waals surface area contributed by atoms with Crippen molar-refractivity contribution in [3.05, 3.63) is 31.1 Å². The Bertz CT molecular complexity index is 397. The van der Waals surface area contributed by atoms with Crippen molar-refractivity contribution in [1.29, 1.82) is 0 Å². The zero-order chi connectivity index (χ0) is 15.5. The first-order valence-corrected chi connectivity index (χ1v) is 8.37. The second-order valence-corrected chi connectivity index (χ2v) is 5.68. The molecule has 0 radical (unpaired) electrons. The highest BCUT2D eigenvalue weighted by atomic mass is 15.3. The van der Waals surface area contributed by atoms with Crippen LogP contribution in [0.2, 0.25) is 0 Å². The third-order valence-electron chi connectivity index (χ3n) is 3.65. The number of rotatable bonds is 7. The van der Waals surface area contributed by atoms with Crippen LogP contribution in [0.4, 0.5) is 0 Å². The summed E-state index contributed by atoms with van der Waals surface area (Å²) in [6, 6.07) is 0. The molecule has 21 heavy (non-hydrogen) atoms. The Labute approximate surface area is 130 Å². The number of hydrogen-bond donors (Lipinski definition) is 0. The van der Waals surface area contributed by atoms with E-state index in [1.54, 1.807) is 0 Å². The van der Waals surface area contributed by atoms with E-state index in [4.69, 9.17) is 0 Å². The summed E-state index contributed by atoms with van der Waals surface area (Å²) in [4.78, 5) is 4.68. The van der Waals surface area contributed by atoms with Gasteiger partial charge in [0.05, 0.1) is 20.3 Å². The lowest BCUT2D eigenvalue weighted by atomic mass is 10.3. The minimum atomic E-state index is 1.09. The van der Waals surface area contributed by atoms with Crippen LogP contribution in [0, 0.1) is 0 Å². The van der Waals surface area contributed by atoms with Crippen molar-refractivity contribution in [2.24, 2.45) is 7.05 Å². The van der Waals surface area contributed by atoms with Gasteiger partial charge in [-0.2, -0.15) is 0 Å². The molecule has 1 aliphatic heterocycles. The highest BCUT2D eigenvalue weighted by Crippen LogP contribution is 2.06. The van der Waals surface area contributed by atoms with E-state index in [2.05, 4.69) is 70.8 Å². The first-order chi connectivity index (χ1) is 10.2. The molecule has 1 aromatic rings. The van der Waals surface area contributed by atoms with Gasteiger partial charge in [0, 0.05) is 25.5 Å². The molecule has 2 heterocycles. The lowest BCUT2D eigenvalue weighted by Crippen LogP contribution is -2.25. The SMILES string of the molecule is CCCCN1C=CN(CC)C1.CCCCn1cc[n+](C)c1. The van der Waals surface area contributed by atoms with Crippen LogP contribution in [0.25, 0.3) is 0 Å². The highest BCUT2D eigenvalue weighted by Gasteiger charge is 2.08. The van der Waals surface area contributed by atoms with Crippen LogP contribution in [-0.2, 0) is 13.6 Å². The Balaban J connectivity index is 0.000000211. The van der Waals surface area contributed by atoms with Crippen molar-refractivity contribution in [3.8, 4) is 0 Å². The molecule has 0 amide bonds. The second kappa shape index (κ2) is 10.3. The number of aromatic nitrogens is 2. The largest absolute Gasteiger partial charge is 0.359 e. The standard InChI is InChI=1S/C9H18N2.C8H15N2/c1-3-5-6-11-8-7-10(4-2)9-11;1-3-4-5-10-7-6-9(2)8-10/h7-8H,3-6,9H2,1-2H3;6-8H,3-5H2,1-2H3/q;+1. The number of unbranched alkanes of at least 4 members (excludes halogenated alkanes) is 2. The average Bonchev–Trinajstić information content (AvgIpc) is 3.12. The van der Waals surface area contributed by atoms with Crippen molar-refractivity contribution >= 4 is 0 Å². The molecule has 1 aromatic heterocycles. The zero-order valence-electron chi connectivity index (χ0n) is 14.3. The van der Waals surface area contributed by atoms with Gasteiger partial charge >= 0.3 is 0 Å². The number of nitrogens with zero attached hydrogens (tertiary/aromatic N) is 4. The van der Waals surface area contributed by atoms with E-state index in [0.717, 1.165) is 19.8 Å². The van der Waals surface area contributed by atoms with E-state index in [1.165, 1.54) is 32.2 Å². The van der Waals surface area contributed by atoms with Crippen LogP contribution in [-0.4, -0.2) is 34.1 Å². The predicted octanol–water partition coefficient (Wildman–Crippen LogP) is 2.97. The van der Waals surface area contributed by atoms with Gasteiger partial charge in [-0.1, -0.05) is 26.7 Å². The third kappa shape index (κ3) is 7.21. The maximum atomic E-state index is 2.37. The smallest absolute Gasteiger partial charge is 0.243 e. The Morgan fingerprint density at radius 2 is 1.62 bits per heavy atom. The molecule has 0 fully saturated rings. The van der Waals surface area contributed by atoms with E-state index in [-0.39, 0.29) is 0 Å². The van der Waals surface area contributed by atoms with Crippen molar-refractivity contribution < 1.29 is 4.57 Å². The summed E-state index contributed by atoms with van der Waals surface area (Å²) in [5.74, 6) is 0. The summed E-state index contributed by atoms with van der Waals surface area (Å²) in [7, 11) is 2.04. The molecule has 0 atom stereocenters. The Hall–Kier alpha value is -1.45. The summed E-state index contributed by atoms with van der Waals surface area (Å²) in [6.45, 7) is 11.2. The van der Waals surface area contributed by atoms with Crippen LogP contribution in [0.1, 0.15) is 46.5 Å². The molecule has 4 nitrogen and oxygen atoms in total. The molecule has 0 spiro atoms. The van der Waals surface area contributed by atoms with E-state index < -0.39 is 0 Å². The molecular formula is C17H33N4+. The summed E-state index contributed by atoms with van der Waals surface area (Å²) < 4.78 is 4.28. The fourth-order valence-electron chi connectivity index (χ4n) is 2.20. The first kappa shape index (κ1) is 17.6. The quantitative estimate of drug-likeness (QED) is 0.718. The van der Waals surface area contributed by atoms with E-state index >= 15 is 0 Å². The van der Waals surface area contributed by atoms with Gasteiger partial charge in [0.1, 0.15) is 12.4 Å². The minimum Gasteiger partial charge on any atom is -0.359 e. The summed E-state index contributed by atoms with van der Waals surface area (Å²) in [5, 5.41) is 0. The van der Waals surface area contributed by atoms with E-state index in [0.29, 0.717) is 0 Å². The molecule has 2 rings (SSSR count). The van der Waals surface area contributed by atoms with Gasteiger partial charge in [-0.15, -0.1) is 0 Å². The van der Waals surface area contributed by atoms with Crippen LogP contribution in [0.5, 0.6) is 0 Å². The van der Waals surface area contributed by atoms with E-state index in [9.17, 15) is 0 Å². The molecule has 0 saturated heterocycles. The highest BCUT2D eigenvalue weighted by molar-refractivity contribution is 4.89. The molecule has 0 saturated carbocycles. The van der Waals surface area contributed by atoms with Crippen LogP contribution >= 0.6 is 0 Å². The van der Waals surface area contributed by atoms with Gasteiger partial charge in [-0.25, -0.2) is 9.13 Å². The normalized spacial score (nSPS) is 13.5. The number of imidazole rings is 1. The molecule has 4 heteroatoms. The van der Waals surface area contributed by atoms with Gasteiger partial charge in [-0.3, -0.25) is 0 Å². The maximum Gasteiger partial charge on any atom is 0.243 e. The van der Waals surface area contributed by atoms with Crippen LogP contribution in [0.3, 0.4) is 0 Å². The summed E-state index contributed by atoms with van der Waals surface area (Å²) in [6.07, 6.45) is 15.8. The fourth-order valence-corrected chi connectivity index (χ4v) is 2.20. The number of aryl methyl sites for hydroxylation is 2. The van der Waals surface area contributed by atoms with E-state index in [1.807, 2.05) is 7.05 Å². The maximum absolute atomic E-state index is 2.37. The summed E-state index contributed by atoms with van der Waals surface area (Å²) in [5.41, 5.74) is 0. The lowest BCUT2D eigenvalue weighted by Gasteiger charge is -2.19. The van der Waals surface area contributed by atoms with Crippen LogP contribution < -0.4 is 4.57 Å². The molecule has 0 unspecified atom stereocenters. The minimum absolute atomic E-state index is 1.09. The van der Waals surface area contributed by atoms with Crippen molar-refractivity contribution in [1.82, 2.24) is 14.4 Å². The van der Waals surface area contributed by atoms with Crippen molar-refractivity contribution in [2.45, 2.75) is 53.0 Å². The fraction of sp³-hybridized carbons (Fsp3) is 0.706. The number of hydrogen-bond acceptors (Lipinski definition) is 2. The van der Waals surface area contributed by atoms with Crippen molar-refractivity contribution in [2.75, 3.05) is 19.8 Å². The van der Waals surface area contributed by atoms with Gasteiger partial charge in [0.15, 0.2) is 0 Å². The average molecular weight is 293 g/mol. The Morgan fingerprint density at radius 1 is 0.952 bits per heavy atom. The predicted molar refractivity (Wildman–Crippen MR) is 88.5 cm³/mol. The molecular weight excluding hydrogens is 260 g/mol. The zero-order valence-corrected chi connectivity index (χ0v) is 14.3. The molecule has 0 bridgehead atoms. The first-order valence-electron chi connectivity index (χ1n) is 8.37. The van der Waals surface area contributed by atoms with Gasteiger partial charge in [0.25, 0.3) is 0 Å². The molecule has 0 N–H and O–H groups in total. The third-order valence-corrected chi connectivity index (χ3v) is 3.65.